The Morgan fingerprint density at radius 2 is 2.40 bits per heavy atom. The van der Waals surface area contributed by atoms with Gasteiger partial charge in [0.2, 0.25) is 0 Å². The van der Waals surface area contributed by atoms with Crippen LogP contribution in [-0.2, 0) is 13.0 Å². The van der Waals surface area contributed by atoms with Gasteiger partial charge in [0, 0.05) is 12.1 Å². The predicted octanol–water partition coefficient (Wildman–Crippen LogP) is 1.16. The first-order valence-corrected chi connectivity index (χ1v) is 4.65. The van der Waals surface area contributed by atoms with E-state index in [1.165, 1.54) is 11.2 Å². The summed E-state index contributed by atoms with van der Waals surface area (Å²) in [5.74, 6) is 0. The molecule has 2 rings (SSSR count). The second-order valence-electron chi connectivity index (χ2n) is 3.34. The molecule has 15 heavy (non-hydrogen) atoms. The van der Waals surface area contributed by atoms with Crippen molar-refractivity contribution in [2.75, 3.05) is 6.54 Å². The van der Waals surface area contributed by atoms with Gasteiger partial charge >= 0.3 is 6.09 Å². The summed E-state index contributed by atoms with van der Waals surface area (Å²) in [6.45, 7) is 4.51. The minimum atomic E-state index is -0.903. The number of aromatic nitrogens is 2. The van der Waals surface area contributed by atoms with Gasteiger partial charge in [-0.1, -0.05) is 6.58 Å². The van der Waals surface area contributed by atoms with Crippen molar-refractivity contribution in [3.05, 3.63) is 29.9 Å². The van der Waals surface area contributed by atoms with Crippen LogP contribution in [0, 0.1) is 0 Å². The van der Waals surface area contributed by atoms with Crippen LogP contribution >= 0.6 is 0 Å². The summed E-state index contributed by atoms with van der Waals surface area (Å²) in [7, 11) is 0. The molecule has 1 N–H and O–H groups in total. The van der Waals surface area contributed by atoms with Crippen LogP contribution in [-0.4, -0.2) is 32.6 Å². The zero-order valence-corrected chi connectivity index (χ0v) is 8.18. The summed E-state index contributed by atoms with van der Waals surface area (Å²) in [5.41, 5.74) is 2.61. The summed E-state index contributed by atoms with van der Waals surface area (Å²) < 4.78 is 0. The molecule has 0 spiro atoms. The molecule has 1 aromatic rings. The Bertz CT molecular complexity index is 417. The average molecular weight is 205 g/mol. The summed E-state index contributed by atoms with van der Waals surface area (Å²) in [5, 5.41) is 8.85. The molecule has 0 aromatic carbocycles. The Kier molecular flexibility index (Phi) is 2.37. The van der Waals surface area contributed by atoms with Crippen molar-refractivity contribution in [3.8, 4) is 0 Å². The minimum Gasteiger partial charge on any atom is -0.465 e. The molecular formula is C10H11N3O2. The summed E-state index contributed by atoms with van der Waals surface area (Å²) >= 11 is 0. The molecular weight excluding hydrogens is 194 g/mol. The highest BCUT2D eigenvalue weighted by Gasteiger charge is 2.22. The van der Waals surface area contributed by atoms with Crippen molar-refractivity contribution in [1.29, 1.82) is 0 Å². The maximum absolute atomic E-state index is 10.8. The van der Waals surface area contributed by atoms with Crippen molar-refractivity contribution in [2.45, 2.75) is 13.0 Å². The topological polar surface area (TPSA) is 66.3 Å². The fraction of sp³-hybridized carbons (Fsp3) is 0.300. The first kappa shape index (κ1) is 9.64. The fourth-order valence-corrected chi connectivity index (χ4v) is 1.72. The van der Waals surface area contributed by atoms with E-state index in [1.807, 2.05) is 0 Å². The molecule has 1 aromatic heterocycles. The van der Waals surface area contributed by atoms with Crippen LogP contribution in [0.15, 0.2) is 12.9 Å². The third-order valence-corrected chi connectivity index (χ3v) is 2.50. The quantitative estimate of drug-likeness (QED) is 0.747. The first-order valence-electron chi connectivity index (χ1n) is 4.65. The highest BCUT2D eigenvalue weighted by molar-refractivity contribution is 5.65. The van der Waals surface area contributed by atoms with Crippen LogP contribution in [0.25, 0.3) is 6.08 Å². The number of nitrogens with zero attached hydrogens (tertiary/aromatic N) is 3. The zero-order chi connectivity index (χ0) is 10.8. The lowest BCUT2D eigenvalue weighted by Crippen LogP contribution is -2.35. The molecule has 1 aliphatic rings. The van der Waals surface area contributed by atoms with Gasteiger partial charge in [-0.05, 0) is 12.5 Å². The highest BCUT2D eigenvalue weighted by atomic mass is 16.4. The van der Waals surface area contributed by atoms with Gasteiger partial charge in [0.05, 0.1) is 17.9 Å². The van der Waals surface area contributed by atoms with Crippen molar-refractivity contribution in [3.63, 3.8) is 0 Å². The van der Waals surface area contributed by atoms with E-state index in [2.05, 4.69) is 16.5 Å². The normalized spacial score (nSPS) is 14.5. The van der Waals surface area contributed by atoms with E-state index in [-0.39, 0.29) is 0 Å². The third-order valence-electron chi connectivity index (χ3n) is 2.50. The molecule has 0 bridgehead atoms. The van der Waals surface area contributed by atoms with Gasteiger partial charge in [-0.2, -0.15) is 0 Å². The van der Waals surface area contributed by atoms with Crippen molar-refractivity contribution in [2.24, 2.45) is 0 Å². The highest BCUT2D eigenvalue weighted by Crippen LogP contribution is 2.19. The molecule has 1 aliphatic heterocycles. The summed E-state index contributed by atoms with van der Waals surface area (Å²) in [4.78, 5) is 20.3. The maximum Gasteiger partial charge on any atom is 0.407 e. The largest absolute Gasteiger partial charge is 0.465 e. The van der Waals surface area contributed by atoms with E-state index in [0.717, 1.165) is 17.0 Å². The second-order valence-corrected chi connectivity index (χ2v) is 3.34. The van der Waals surface area contributed by atoms with Gasteiger partial charge in [-0.3, -0.25) is 0 Å². The van der Waals surface area contributed by atoms with Crippen molar-refractivity contribution in [1.82, 2.24) is 14.9 Å². The number of rotatable bonds is 1. The number of hydrogen-bond acceptors (Lipinski definition) is 3. The standard InChI is InChI=1S/C10H11N3O2/c1-2-8-7-3-4-13(10(14)15)5-9(7)12-6-11-8/h2,6H,1,3-5H2,(H,14,15). The molecule has 0 fully saturated rings. The lowest BCUT2D eigenvalue weighted by molar-refractivity contribution is 0.139. The van der Waals surface area contributed by atoms with Crippen LogP contribution in [0.2, 0.25) is 0 Å². The van der Waals surface area contributed by atoms with Gasteiger partial charge in [-0.15, -0.1) is 0 Å². The van der Waals surface area contributed by atoms with E-state index < -0.39 is 6.09 Å². The van der Waals surface area contributed by atoms with Gasteiger partial charge in [-0.25, -0.2) is 14.8 Å². The van der Waals surface area contributed by atoms with E-state index >= 15 is 0 Å². The Morgan fingerprint density at radius 1 is 1.60 bits per heavy atom. The SMILES string of the molecule is C=Cc1ncnc2c1CCN(C(=O)O)C2. The molecule has 0 saturated carbocycles. The molecule has 0 aliphatic carbocycles. The monoisotopic (exact) mass is 205 g/mol. The molecule has 78 valence electrons. The van der Waals surface area contributed by atoms with E-state index in [0.29, 0.717) is 19.5 Å². The van der Waals surface area contributed by atoms with Crippen LogP contribution in [0.3, 0.4) is 0 Å². The number of fused-ring (bicyclic) bond motifs is 1. The van der Waals surface area contributed by atoms with Gasteiger partial charge in [0.15, 0.2) is 0 Å². The van der Waals surface area contributed by atoms with E-state index in [4.69, 9.17) is 5.11 Å². The molecule has 0 unspecified atom stereocenters. The lowest BCUT2D eigenvalue weighted by atomic mass is 10.0. The molecule has 0 atom stereocenters. The maximum atomic E-state index is 10.8. The second kappa shape index (κ2) is 3.68. The number of carbonyl (C=O) groups is 1. The van der Waals surface area contributed by atoms with Crippen LogP contribution in [0.4, 0.5) is 4.79 Å². The van der Waals surface area contributed by atoms with Crippen LogP contribution in [0.5, 0.6) is 0 Å². The molecule has 5 nitrogen and oxygen atoms in total. The number of hydrogen-bond donors (Lipinski definition) is 1. The smallest absolute Gasteiger partial charge is 0.407 e. The minimum absolute atomic E-state index is 0.341. The fourth-order valence-electron chi connectivity index (χ4n) is 1.72. The Balaban J connectivity index is 2.35. The molecule has 2 heterocycles. The molecule has 0 radical (unpaired) electrons. The number of carboxylic acid groups (broad SMARTS) is 1. The van der Waals surface area contributed by atoms with Crippen LogP contribution in [0.1, 0.15) is 17.0 Å². The van der Waals surface area contributed by atoms with Crippen molar-refractivity contribution < 1.29 is 9.90 Å². The van der Waals surface area contributed by atoms with Gasteiger partial charge in [0.25, 0.3) is 0 Å². The van der Waals surface area contributed by atoms with Crippen molar-refractivity contribution >= 4 is 12.2 Å². The molecule has 0 saturated heterocycles. The average Bonchev–Trinajstić information content (AvgIpc) is 2.27. The Labute approximate surface area is 87.1 Å². The molecule has 5 heteroatoms. The molecule has 1 amide bonds. The predicted molar refractivity (Wildman–Crippen MR) is 54.3 cm³/mol. The first-order chi connectivity index (χ1) is 7.22. The summed E-state index contributed by atoms with van der Waals surface area (Å²) in [6, 6.07) is 0. The van der Waals surface area contributed by atoms with Crippen LogP contribution < -0.4 is 0 Å². The zero-order valence-electron chi connectivity index (χ0n) is 8.18. The lowest BCUT2D eigenvalue weighted by Gasteiger charge is -2.25. The Hall–Kier alpha value is -1.91. The third kappa shape index (κ3) is 1.68. The van der Waals surface area contributed by atoms with E-state index in [9.17, 15) is 4.79 Å². The van der Waals surface area contributed by atoms with Gasteiger partial charge in [0.1, 0.15) is 6.33 Å². The van der Waals surface area contributed by atoms with E-state index in [1.54, 1.807) is 6.08 Å². The van der Waals surface area contributed by atoms with Gasteiger partial charge < -0.3 is 10.0 Å². The number of amides is 1. The summed E-state index contributed by atoms with van der Waals surface area (Å²) in [6.07, 6.45) is 2.88. The Morgan fingerprint density at radius 3 is 3.07 bits per heavy atom.